The van der Waals surface area contributed by atoms with Crippen LogP contribution in [-0.2, 0) is 0 Å². The van der Waals surface area contributed by atoms with Crippen LogP contribution in [0, 0.1) is 0 Å². The van der Waals surface area contributed by atoms with Crippen LogP contribution in [-0.4, -0.2) is 15.0 Å². The van der Waals surface area contributed by atoms with Gasteiger partial charge in [-0.1, -0.05) is 121 Å². The second kappa shape index (κ2) is 11.7. The Morgan fingerprint density at radius 3 is 2.11 bits per heavy atom. The van der Waals surface area contributed by atoms with Crippen LogP contribution in [0.25, 0.3) is 119 Å². The van der Waals surface area contributed by atoms with Gasteiger partial charge in [0.2, 0.25) is 0 Å². The number of pyridine rings is 3. The highest BCUT2D eigenvalue weighted by Crippen LogP contribution is 2.44. The fraction of sp³-hybridized carbons (Fsp3) is 0. The summed E-state index contributed by atoms with van der Waals surface area (Å²) in [4.78, 5) is 14.7. The number of para-hydroxylation sites is 1. The molecule has 254 valence electrons. The lowest BCUT2D eigenvalue weighted by Gasteiger charge is -2.13. The number of fused-ring (bicyclic) bond motifs is 13. The van der Waals surface area contributed by atoms with Gasteiger partial charge in [0.25, 0.3) is 0 Å². The monoisotopic (exact) mass is 715 g/mol. The summed E-state index contributed by atoms with van der Waals surface area (Å²) in [7, 11) is 0. The molecule has 0 bridgehead atoms. The first-order chi connectivity index (χ1) is 27.2. The summed E-state index contributed by atoms with van der Waals surface area (Å²) in [5.41, 5.74) is 9.69. The normalized spacial score (nSPS) is 12.0. The zero-order chi connectivity index (χ0) is 36.0. The molecule has 0 atom stereocenters. The summed E-state index contributed by atoms with van der Waals surface area (Å²) in [5, 5.41) is 13.4. The van der Waals surface area contributed by atoms with Gasteiger partial charge in [-0.05, 0) is 86.3 Å². The van der Waals surface area contributed by atoms with Crippen LogP contribution >= 0.6 is 11.3 Å². The number of rotatable bonds is 3. The number of benzene rings is 8. The van der Waals surface area contributed by atoms with E-state index < -0.39 is 0 Å². The minimum Gasteiger partial charge on any atom is -0.254 e. The molecule has 0 unspecified atom stereocenters. The van der Waals surface area contributed by atoms with E-state index >= 15 is 0 Å². The van der Waals surface area contributed by atoms with Gasteiger partial charge in [0.1, 0.15) is 0 Å². The molecule has 12 aromatic rings. The highest BCUT2D eigenvalue weighted by Gasteiger charge is 2.17. The van der Waals surface area contributed by atoms with Gasteiger partial charge >= 0.3 is 0 Å². The molecule has 0 saturated carbocycles. The van der Waals surface area contributed by atoms with Crippen molar-refractivity contribution in [1.82, 2.24) is 15.0 Å². The average Bonchev–Trinajstić information content (AvgIpc) is 3.64. The first kappa shape index (κ1) is 30.5. The van der Waals surface area contributed by atoms with Crippen molar-refractivity contribution in [2.75, 3.05) is 0 Å². The van der Waals surface area contributed by atoms with Crippen LogP contribution in [0.4, 0.5) is 0 Å². The first-order valence-corrected chi connectivity index (χ1v) is 19.4. The Kier molecular flexibility index (Phi) is 6.50. The van der Waals surface area contributed by atoms with E-state index in [0.717, 1.165) is 44.1 Å². The Morgan fingerprint density at radius 1 is 0.382 bits per heavy atom. The van der Waals surface area contributed by atoms with E-state index in [1.165, 1.54) is 74.6 Å². The summed E-state index contributed by atoms with van der Waals surface area (Å²) in [6, 6.07) is 59.4. The Morgan fingerprint density at radius 2 is 1.13 bits per heavy atom. The molecule has 4 aromatic heterocycles. The van der Waals surface area contributed by atoms with E-state index in [1.54, 1.807) is 0 Å². The van der Waals surface area contributed by atoms with Crippen LogP contribution < -0.4 is 0 Å². The van der Waals surface area contributed by atoms with Gasteiger partial charge in [-0.15, -0.1) is 11.3 Å². The zero-order valence-corrected chi connectivity index (χ0v) is 30.3. The standard InChI is InChI=1S/C51H29N3S/c1-3-12-45-42(11-1)47-43(23-22-41-39-10-2-4-13-46(39)55-51(41)47)48(54-45)36-8-5-7-32(27-36)33-16-14-30-15-17-34-28-35(19-20-37(34)44(30)29-33)38-24-26-53-50-40(38)21-18-31-9-6-25-52-49(31)50/h1-29H. The largest absolute Gasteiger partial charge is 0.254 e. The molecule has 0 aliphatic carbocycles. The molecule has 0 N–H and O–H groups in total. The van der Waals surface area contributed by atoms with Crippen LogP contribution in [0.15, 0.2) is 176 Å². The molecule has 4 heterocycles. The lowest BCUT2D eigenvalue weighted by atomic mass is 9.93. The van der Waals surface area contributed by atoms with E-state index in [-0.39, 0.29) is 0 Å². The van der Waals surface area contributed by atoms with Gasteiger partial charge in [-0.3, -0.25) is 9.97 Å². The molecule has 0 spiro atoms. The molecule has 0 radical (unpaired) electrons. The lowest BCUT2D eigenvalue weighted by Crippen LogP contribution is -1.91. The third-order valence-corrected chi connectivity index (χ3v) is 12.5. The molecule has 12 rings (SSSR count). The molecule has 8 aromatic carbocycles. The summed E-state index contributed by atoms with van der Waals surface area (Å²) in [6.07, 6.45) is 3.74. The fourth-order valence-corrected chi connectivity index (χ4v) is 9.96. The third kappa shape index (κ3) is 4.65. The van der Waals surface area contributed by atoms with Crippen LogP contribution in [0.1, 0.15) is 0 Å². The molecule has 0 fully saturated rings. The Hall–Kier alpha value is -7.01. The predicted octanol–water partition coefficient (Wildman–Crippen LogP) is 14.2. The number of thiophene rings is 1. The summed E-state index contributed by atoms with van der Waals surface area (Å²) < 4.78 is 2.63. The Balaban J connectivity index is 0.993. The van der Waals surface area contributed by atoms with Crippen molar-refractivity contribution in [1.29, 1.82) is 0 Å². The molecule has 4 heteroatoms. The molecule has 0 aliphatic heterocycles. The second-order valence-corrected chi connectivity index (χ2v) is 15.4. The SMILES string of the molecule is c1cc(-c2ccc3ccc4cc(-c5ccnc6c5ccc5cccnc56)ccc4c3c2)cc(-c2nc3ccccc3c3c2ccc2c4ccccc4sc23)c1. The van der Waals surface area contributed by atoms with Gasteiger partial charge in [0, 0.05) is 65.1 Å². The molecule has 0 saturated heterocycles. The van der Waals surface area contributed by atoms with Gasteiger partial charge < -0.3 is 0 Å². The Labute approximate surface area is 319 Å². The summed E-state index contributed by atoms with van der Waals surface area (Å²) in [5.74, 6) is 0. The quantitative estimate of drug-likeness (QED) is 0.171. The topological polar surface area (TPSA) is 38.7 Å². The molecular formula is C51H29N3S. The minimum atomic E-state index is 0.932. The van der Waals surface area contributed by atoms with Gasteiger partial charge in [0.05, 0.1) is 22.2 Å². The summed E-state index contributed by atoms with van der Waals surface area (Å²) in [6.45, 7) is 0. The number of hydrogen-bond acceptors (Lipinski definition) is 4. The number of aromatic nitrogens is 3. The summed E-state index contributed by atoms with van der Waals surface area (Å²) >= 11 is 1.88. The minimum absolute atomic E-state index is 0.932. The maximum atomic E-state index is 5.32. The Bertz CT molecular complexity index is 3560. The third-order valence-electron chi connectivity index (χ3n) is 11.3. The van der Waals surface area contributed by atoms with Gasteiger partial charge in [-0.2, -0.15) is 0 Å². The highest BCUT2D eigenvalue weighted by atomic mass is 32.1. The maximum absolute atomic E-state index is 5.32. The number of nitrogens with zero attached hydrogens (tertiary/aromatic N) is 3. The smallest absolute Gasteiger partial charge is 0.0970 e. The van der Waals surface area contributed by atoms with Crippen molar-refractivity contribution in [3.05, 3.63) is 176 Å². The van der Waals surface area contributed by atoms with E-state index in [9.17, 15) is 0 Å². The van der Waals surface area contributed by atoms with E-state index in [2.05, 4.69) is 163 Å². The van der Waals surface area contributed by atoms with Crippen LogP contribution in [0.3, 0.4) is 0 Å². The van der Waals surface area contributed by atoms with Crippen molar-refractivity contribution in [2.24, 2.45) is 0 Å². The molecule has 0 aliphatic rings. The van der Waals surface area contributed by atoms with Crippen molar-refractivity contribution >= 4 is 96.5 Å². The molecular weight excluding hydrogens is 687 g/mol. The average molecular weight is 716 g/mol. The fourth-order valence-electron chi connectivity index (χ4n) is 8.70. The lowest BCUT2D eigenvalue weighted by molar-refractivity contribution is 1.37. The van der Waals surface area contributed by atoms with Crippen LogP contribution in [0.2, 0.25) is 0 Å². The van der Waals surface area contributed by atoms with Crippen molar-refractivity contribution in [2.45, 2.75) is 0 Å². The van der Waals surface area contributed by atoms with Gasteiger partial charge in [0.15, 0.2) is 0 Å². The van der Waals surface area contributed by atoms with E-state index in [4.69, 9.17) is 9.97 Å². The first-order valence-electron chi connectivity index (χ1n) is 18.6. The second-order valence-electron chi connectivity index (χ2n) is 14.4. The maximum Gasteiger partial charge on any atom is 0.0970 e. The van der Waals surface area contributed by atoms with Crippen molar-refractivity contribution in [3.63, 3.8) is 0 Å². The molecule has 3 nitrogen and oxygen atoms in total. The molecule has 55 heavy (non-hydrogen) atoms. The zero-order valence-electron chi connectivity index (χ0n) is 29.5. The van der Waals surface area contributed by atoms with Crippen molar-refractivity contribution in [3.8, 4) is 33.5 Å². The van der Waals surface area contributed by atoms with Crippen LogP contribution in [0.5, 0.6) is 0 Å². The van der Waals surface area contributed by atoms with Gasteiger partial charge in [-0.25, -0.2) is 4.98 Å². The van der Waals surface area contributed by atoms with E-state index in [0.29, 0.717) is 0 Å². The molecule has 0 amide bonds. The van der Waals surface area contributed by atoms with Crippen molar-refractivity contribution < 1.29 is 0 Å². The highest BCUT2D eigenvalue weighted by molar-refractivity contribution is 7.26. The van der Waals surface area contributed by atoms with E-state index in [1.807, 2.05) is 29.8 Å². The predicted molar refractivity (Wildman–Crippen MR) is 234 cm³/mol. The number of hydrogen-bond donors (Lipinski definition) is 0.